The van der Waals surface area contributed by atoms with Crippen molar-refractivity contribution in [1.82, 2.24) is 9.88 Å². The molecule has 6 heteroatoms. The molecule has 0 saturated heterocycles. The molecule has 2 aromatic heterocycles. The summed E-state index contributed by atoms with van der Waals surface area (Å²) in [6.45, 7) is 2.80. The monoisotopic (exact) mass is 307 g/mol. The second kappa shape index (κ2) is 5.42. The number of hydrogen-bond donors (Lipinski definition) is 1. The Kier molecular flexibility index (Phi) is 3.63. The van der Waals surface area contributed by atoms with Crippen molar-refractivity contribution in [3.05, 3.63) is 45.4 Å². The third-order valence-electron chi connectivity index (χ3n) is 3.49. The molecule has 0 fully saturated rings. The van der Waals surface area contributed by atoms with Crippen LogP contribution in [0.1, 0.15) is 23.4 Å². The Morgan fingerprint density at radius 2 is 2.35 bits per heavy atom. The Labute approximate surface area is 126 Å². The van der Waals surface area contributed by atoms with E-state index in [4.69, 9.17) is 11.6 Å². The number of rotatable bonds is 1. The second-order valence-electron chi connectivity index (χ2n) is 4.73. The summed E-state index contributed by atoms with van der Waals surface area (Å²) >= 11 is 7.44. The van der Waals surface area contributed by atoms with Crippen molar-refractivity contribution in [2.45, 2.75) is 19.4 Å². The molecule has 3 rings (SSSR count). The van der Waals surface area contributed by atoms with Crippen LogP contribution in [0.5, 0.6) is 0 Å². The third-order valence-corrected chi connectivity index (χ3v) is 4.84. The highest BCUT2D eigenvalue weighted by atomic mass is 35.5. The van der Waals surface area contributed by atoms with Gasteiger partial charge in [0.2, 0.25) is 0 Å². The van der Waals surface area contributed by atoms with Crippen LogP contribution in [0.15, 0.2) is 29.8 Å². The number of thiophene rings is 1. The minimum Gasteiger partial charge on any atom is -0.317 e. The number of anilines is 1. The van der Waals surface area contributed by atoms with Crippen LogP contribution < -0.4 is 5.32 Å². The normalized spacial score (nSPS) is 17.7. The number of halogens is 1. The Morgan fingerprint density at radius 3 is 3.10 bits per heavy atom. The average molecular weight is 308 g/mol. The van der Waals surface area contributed by atoms with Crippen LogP contribution in [0.4, 0.5) is 10.5 Å². The average Bonchev–Trinajstić information content (AvgIpc) is 2.91. The highest BCUT2D eigenvalue weighted by molar-refractivity contribution is 7.10. The van der Waals surface area contributed by atoms with Crippen molar-refractivity contribution >= 4 is 34.7 Å². The fourth-order valence-corrected chi connectivity index (χ4v) is 3.56. The van der Waals surface area contributed by atoms with E-state index in [0.717, 1.165) is 13.0 Å². The van der Waals surface area contributed by atoms with Crippen molar-refractivity contribution in [3.8, 4) is 0 Å². The van der Waals surface area contributed by atoms with Gasteiger partial charge >= 0.3 is 6.03 Å². The standard InChI is InChI=1S/C14H14ClN3OS/c1-9-13-10(5-7-20-13)4-6-18(9)14(19)17-11-2-3-12(15)16-8-11/h2-3,5,7-9H,4,6H2,1H3,(H,17,19). The van der Waals surface area contributed by atoms with Gasteiger partial charge in [0, 0.05) is 11.4 Å². The first-order valence-corrected chi connectivity index (χ1v) is 7.66. The zero-order valence-corrected chi connectivity index (χ0v) is 12.5. The number of urea groups is 1. The minimum atomic E-state index is -0.0966. The third kappa shape index (κ3) is 2.51. The lowest BCUT2D eigenvalue weighted by Crippen LogP contribution is -2.40. The maximum Gasteiger partial charge on any atom is 0.322 e. The van der Waals surface area contributed by atoms with E-state index in [1.807, 2.05) is 4.90 Å². The summed E-state index contributed by atoms with van der Waals surface area (Å²) in [4.78, 5) is 19.4. The molecule has 1 N–H and O–H groups in total. The van der Waals surface area contributed by atoms with Gasteiger partial charge in [-0.25, -0.2) is 9.78 Å². The summed E-state index contributed by atoms with van der Waals surface area (Å²) in [7, 11) is 0. The molecule has 2 aromatic rings. The van der Waals surface area contributed by atoms with Gasteiger partial charge in [-0.05, 0) is 42.5 Å². The maximum atomic E-state index is 12.4. The maximum absolute atomic E-state index is 12.4. The number of aromatic nitrogens is 1. The molecule has 0 aliphatic carbocycles. The van der Waals surface area contributed by atoms with Crippen LogP contribution in [0.25, 0.3) is 0 Å². The number of hydrogen-bond acceptors (Lipinski definition) is 3. The molecule has 2 amide bonds. The van der Waals surface area contributed by atoms with E-state index in [1.165, 1.54) is 10.4 Å². The highest BCUT2D eigenvalue weighted by Crippen LogP contribution is 2.33. The first-order chi connectivity index (χ1) is 9.65. The van der Waals surface area contributed by atoms with Gasteiger partial charge in [0.25, 0.3) is 0 Å². The van der Waals surface area contributed by atoms with E-state index in [-0.39, 0.29) is 12.1 Å². The van der Waals surface area contributed by atoms with Gasteiger partial charge in [-0.1, -0.05) is 11.6 Å². The number of carbonyl (C=O) groups excluding carboxylic acids is 1. The van der Waals surface area contributed by atoms with Gasteiger partial charge in [-0.15, -0.1) is 11.3 Å². The molecule has 1 unspecified atom stereocenters. The lowest BCUT2D eigenvalue weighted by atomic mass is 10.0. The second-order valence-corrected chi connectivity index (χ2v) is 6.06. The number of amides is 2. The van der Waals surface area contributed by atoms with Crippen molar-refractivity contribution < 1.29 is 4.79 Å². The highest BCUT2D eigenvalue weighted by Gasteiger charge is 2.28. The van der Waals surface area contributed by atoms with Gasteiger partial charge in [0.1, 0.15) is 5.15 Å². The predicted molar refractivity (Wildman–Crippen MR) is 81.4 cm³/mol. The number of nitrogens with zero attached hydrogens (tertiary/aromatic N) is 2. The van der Waals surface area contributed by atoms with Crippen LogP contribution in [-0.4, -0.2) is 22.5 Å². The van der Waals surface area contributed by atoms with Crippen molar-refractivity contribution in [2.75, 3.05) is 11.9 Å². The van der Waals surface area contributed by atoms with E-state index < -0.39 is 0 Å². The Morgan fingerprint density at radius 1 is 1.50 bits per heavy atom. The van der Waals surface area contributed by atoms with E-state index in [0.29, 0.717) is 10.8 Å². The van der Waals surface area contributed by atoms with E-state index >= 15 is 0 Å². The first kappa shape index (κ1) is 13.4. The van der Waals surface area contributed by atoms with Crippen LogP contribution in [0.2, 0.25) is 5.15 Å². The summed E-state index contributed by atoms with van der Waals surface area (Å²) in [5.74, 6) is 0. The lowest BCUT2D eigenvalue weighted by Gasteiger charge is -2.33. The summed E-state index contributed by atoms with van der Waals surface area (Å²) in [6, 6.07) is 5.57. The van der Waals surface area contributed by atoms with Gasteiger partial charge in [0.15, 0.2) is 0 Å². The lowest BCUT2D eigenvalue weighted by molar-refractivity contribution is 0.190. The fourth-order valence-electron chi connectivity index (χ4n) is 2.42. The van der Waals surface area contributed by atoms with E-state index in [2.05, 4.69) is 28.7 Å². The smallest absolute Gasteiger partial charge is 0.317 e. The molecule has 0 bridgehead atoms. The number of pyridine rings is 1. The molecule has 1 aliphatic heterocycles. The molecule has 104 valence electrons. The van der Waals surface area contributed by atoms with Crippen molar-refractivity contribution in [3.63, 3.8) is 0 Å². The summed E-state index contributed by atoms with van der Waals surface area (Å²) < 4.78 is 0. The zero-order valence-electron chi connectivity index (χ0n) is 11.0. The van der Waals surface area contributed by atoms with Crippen LogP contribution in [0, 0.1) is 0 Å². The molecule has 4 nitrogen and oxygen atoms in total. The summed E-state index contributed by atoms with van der Waals surface area (Å²) in [5.41, 5.74) is 2.02. The first-order valence-electron chi connectivity index (χ1n) is 6.40. The Bertz CT molecular complexity index is 626. The van der Waals surface area contributed by atoms with Crippen molar-refractivity contribution in [2.24, 2.45) is 0 Å². The molecule has 1 aliphatic rings. The van der Waals surface area contributed by atoms with E-state index in [1.54, 1.807) is 29.7 Å². The minimum absolute atomic E-state index is 0.0966. The Balaban J connectivity index is 1.73. The van der Waals surface area contributed by atoms with Gasteiger partial charge in [0.05, 0.1) is 17.9 Å². The van der Waals surface area contributed by atoms with Crippen LogP contribution >= 0.6 is 22.9 Å². The van der Waals surface area contributed by atoms with Gasteiger partial charge in [-0.3, -0.25) is 0 Å². The number of nitrogens with one attached hydrogen (secondary N) is 1. The molecule has 1 atom stereocenters. The molecular weight excluding hydrogens is 294 g/mol. The number of fused-ring (bicyclic) bond motifs is 1. The molecule has 3 heterocycles. The summed E-state index contributed by atoms with van der Waals surface area (Å²) in [6.07, 6.45) is 2.47. The van der Waals surface area contributed by atoms with Gasteiger partial charge < -0.3 is 10.2 Å². The number of carbonyl (C=O) groups is 1. The zero-order chi connectivity index (χ0) is 14.1. The largest absolute Gasteiger partial charge is 0.322 e. The summed E-state index contributed by atoms with van der Waals surface area (Å²) in [5, 5.41) is 5.37. The molecule has 20 heavy (non-hydrogen) atoms. The molecule has 0 radical (unpaired) electrons. The topological polar surface area (TPSA) is 45.2 Å². The Hall–Kier alpha value is -1.59. The molecule has 0 saturated carbocycles. The quantitative estimate of drug-likeness (QED) is 0.811. The van der Waals surface area contributed by atoms with Gasteiger partial charge in [-0.2, -0.15) is 0 Å². The van der Waals surface area contributed by atoms with Crippen LogP contribution in [-0.2, 0) is 6.42 Å². The fraction of sp³-hybridized carbons (Fsp3) is 0.286. The van der Waals surface area contributed by atoms with Crippen molar-refractivity contribution in [1.29, 1.82) is 0 Å². The molecule has 0 spiro atoms. The van der Waals surface area contributed by atoms with E-state index in [9.17, 15) is 4.79 Å². The predicted octanol–water partition coefficient (Wildman–Crippen LogP) is 3.95. The SMILES string of the molecule is CC1c2sccc2CCN1C(=O)Nc1ccc(Cl)nc1. The molecule has 0 aromatic carbocycles. The molecular formula is C14H14ClN3OS. The van der Waals surface area contributed by atoms with Crippen LogP contribution in [0.3, 0.4) is 0 Å².